The zero-order chi connectivity index (χ0) is 14.7. The summed E-state index contributed by atoms with van der Waals surface area (Å²) in [4.78, 5) is 21.0. The summed E-state index contributed by atoms with van der Waals surface area (Å²) in [6.07, 6.45) is 4.06. The lowest BCUT2D eigenvalue weighted by Gasteiger charge is -2.24. The molecule has 0 N–H and O–H groups in total. The van der Waals surface area contributed by atoms with E-state index < -0.39 is 33.8 Å². The largest absolute Gasteiger partial charge is 0.462 e. The van der Waals surface area contributed by atoms with Crippen LogP contribution in [-0.2, 0) is 4.74 Å². The fraction of sp³-hybridized carbons (Fsp3) is 0.462. The molecule has 1 aromatic carbocycles. The molecule has 0 aromatic heterocycles. The molecule has 0 atom stereocenters. The van der Waals surface area contributed by atoms with Gasteiger partial charge >= 0.3 is 11.7 Å². The summed E-state index contributed by atoms with van der Waals surface area (Å²) in [5.74, 6) is -2.90. The maximum atomic E-state index is 13.5. The van der Waals surface area contributed by atoms with Gasteiger partial charge in [-0.05, 0) is 18.4 Å². The first-order valence-electron chi connectivity index (χ1n) is 6.29. The highest BCUT2D eigenvalue weighted by Crippen LogP contribution is 2.29. The van der Waals surface area contributed by atoms with E-state index in [0.717, 1.165) is 12.8 Å². The second kappa shape index (κ2) is 5.94. The first-order chi connectivity index (χ1) is 9.49. The zero-order valence-corrected chi connectivity index (χ0v) is 10.6. The van der Waals surface area contributed by atoms with Crippen molar-refractivity contribution < 1.29 is 23.2 Å². The molecule has 108 valence electrons. The number of rotatable bonds is 5. The number of nitro groups is 1. The molecule has 1 saturated carbocycles. The maximum Gasteiger partial charge on any atom is 0.341 e. The van der Waals surface area contributed by atoms with Crippen molar-refractivity contribution in [3.8, 4) is 0 Å². The number of hydrogen-bond acceptors (Lipinski definition) is 4. The Morgan fingerprint density at radius 3 is 2.60 bits per heavy atom. The van der Waals surface area contributed by atoms with Gasteiger partial charge in [-0.1, -0.05) is 19.3 Å². The molecule has 1 fully saturated rings. The SMILES string of the molecule is O=C(OCCC1CCC1)c1cc(F)c([N+](=O)[O-])cc1F. The summed E-state index contributed by atoms with van der Waals surface area (Å²) in [6.45, 7) is 0.140. The predicted octanol–water partition coefficient (Wildman–Crippen LogP) is 3.22. The van der Waals surface area contributed by atoms with E-state index in [2.05, 4.69) is 0 Å². The van der Waals surface area contributed by atoms with Gasteiger partial charge in [-0.25, -0.2) is 9.18 Å². The summed E-state index contributed by atoms with van der Waals surface area (Å²) >= 11 is 0. The monoisotopic (exact) mass is 285 g/mol. The molecule has 0 unspecified atom stereocenters. The highest BCUT2D eigenvalue weighted by Gasteiger charge is 2.23. The number of halogens is 2. The molecule has 20 heavy (non-hydrogen) atoms. The van der Waals surface area contributed by atoms with Crippen molar-refractivity contribution in [1.29, 1.82) is 0 Å². The van der Waals surface area contributed by atoms with E-state index >= 15 is 0 Å². The van der Waals surface area contributed by atoms with Gasteiger partial charge < -0.3 is 4.74 Å². The Morgan fingerprint density at radius 1 is 1.35 bits per heavy atom. The first-order valence-corrected chi connectivity index (χ1v) is 6.29. The number of carbonyl (C=O) groups excluding carboxylic acids is 1. The van der Waals surface area contributed by atoms with Gasteiger partial charge in [-0.15, -0.1) is 0 Å². The van der Waals surface area contributed by atoms with Crippen molar-refractivity contribution in [2.75, 3.05) is 6.61 Å². The van der Waals surface area contributed by atoms with Crippen molar-refractivity contribution in [2.24, 2.45) is 5.92 Å². The summed E-state index contributed by atoms with van der Waals surface area (Å²) in [5, 5.41) is 10.4. The minimum atomic E-state index is -1.26. The third-order valence-electron chi connectivity index (χ3n) is 3.44. The summed E-state index contributed by atoms with van der Waals surface area (Å²) in [7, 11) is 0. The topological polar surface area (TPSA) is 69.4 Å². The smallest absolute Gasteiger partial charge is 0.341 e. The number of esters is 1. The van der Waals surface area contributed by atoms with Gasteiger partial charge in [0, 0.05) is 0 Å². The molecule has 1 aliphatic rings. The van der Waals surface area contributed by atoms with Crippen molar-refractivity contribution in [1.82, 2.24) is 0 Å². The van der Waals surface area contributed by atoms with E-state index in [9.17, 15) is 23.7 Å². The Hall–Kier alpha value is -2.05. The molecular formula is C13H13F2NO4. The molecule has 1 aliphatic carbocycles. The van der Waals surface area contributed by atoms with Gasteiger partial charge in [0.05, 0.1) is 23.2 Å². The van der Waals surface area contributed by atoms with Crippen LogP contribution in [-0.4, -0.2) is 17.5 Å². The van der Waals surface area contributed by atoms with Crippen LogP contribution in [0.4, 0.5) is 14.5 Å². The maximum absolute atomic E-state index is 13.5. The average molecular weight is 285 g/mol. The standard InChI is InChI=1S/C13H13F2NO4/c14-10-7-12(16(18)19)11(15)6-9(10)13(17)20-5-4-8-2-1-3-8/h6-8H,1-5H2. The molecule has 5 nitrogen and oxygen atoms in total. The zero-order valence-electron chi connectivity index (χ0n) is 10.6. The van der Waals surface area contributed by atoms with E-state index in [1.807, 2.05) is 0 Å². The van der Waals surface area contributed by atoms with Gasteiger partial charge in [0.25, 0.3) is 0 Å². The van der Waals surface area contributed by atoms with Crippen LogP contribution in [0.3, 0.4) is 0 Å². The van der Waals surface area contributed by atoms with E-state index in [0.29, 0.717) is 24.5 Å². The molecule has 0 saturated heterocycles. The molecule has 0 spiro atoms. The van der Waals surface area contributed by atoms with Gasteiger partial charge in [-0.3, -0.25) is 10.1 Å². The number of benzene rings is 1. The second-order valence-corrected chi connectivity index (χ2v) is 4.76. The molecular weight excluding hydrogens is 272 g/mol. The third-order valence-corrected chi connectivity index (χ3v) is 3.44. The quantitative estimate of drug-likeness (QED) is 0.473. The fourth-order valence-corrected chi connectivity index (χ4v) is 2.01. The lowest BCUT2D eigenvalue weighted by atomic mass is 9.83. The van der Waals surface area contributed by atoms with Gasteiger partial charge in [0.2, 0.25) is 5.82 Å². The summed E-state index contributed by atoms with van der Waals surface area (Å²) < 4.78 is 31.7. The Kier molecular flexibility index (Phi) is 4.26. The molecule has 7 heteroatoms. The van der Waals surface area contributed by atoms with Gasteiger partial charge in [0.15, 0.2) is 0 Å². The van der Waals surface area contributed by atoms with Crippen molar-refractivity contribution in [2.45, 2.75) is 25.7 Å². The van der Waals surface area contributed by atoms with E-state index in [-0.39, 0.29) is 6.61 Å². The summed E-state index contributed by atoms with van der Waals surface area (Å²) in [5.41, 5.74) is -1.63. The lowest BCUT2D eigenvalue weighted by molar-refractivity contribution is -0.387. The van der Waals surface area contributed by atoms with Crippen LogP contribution in [0.15, 0.2) is 12.1 Å². The van der Waals surface area contributed by atoms with Crippen LogP contribution in [0.5, 0.6) is 0 Å². The number of nitrogens with zero attached hydrogens (tertiary/aromatic N) is 1. The molecule has 0 aliphatic heterocycles. The molecule has 2 rings (SSSR count). The third kappa shape index (κ3) is 3.09. The molecule has 1 aromatic rings. The van der Waals surface area contributed by atoms with E-state index in [4.69, 9.17) is 4.74 Å². The highest BCUT2D eigenvalue weighted by molar-refractivity contribution is 5.90. The molecule has 0 heterocycles. The van der Waals surface area contributed by atoms with Crippen LogP contribution in [0, 0.1) is 27.7 Å². The highest BCUT2D eigenvalue weighted by atomic mass is 19.1. The van der Waals surface area contributed by atoms with Gasteiger partial charge in [0.1, 0.15) is 5.82 Å². The second-order valence-electron chi connectivity index (χ2n) is 4.76. The van der Waals surface area contributed by atoms with Crippen LogP contribution in [0.1, 0.15) is 36.0 Å². The number of carbonyl (C=O) groups is 1. The minimum Gasteiger partial charge on any atom is -0.462 e. The van der Waals surface area contributed by atoms with Crippen LogP contribution >= 0.6 is 0 Å². The Labute approximate surface area is 113 Å². The van der Waals surface area contributed by atoms with Gasteiger partial charge in [-0.2, -0.15) is 4.39 Å². The van der Waals surface area contributed by atoms with E-state index in [1.165, 1.54) is 6.42 Å². The lowest BCUT2D eigenvalue weighted by Crippen LogP contribution is -2.16. The molecule has 0 amide bonds. The Morgan fingerprint density at radius 2 is 2.05 bits per heavy atom. The van der Waals surface area contributed by atoms with Crippen molar-refractivity contribution >= 4 is 11.7 Å². The van der Waals surface area contributed by atoms with Crippen LogP contribution in [0.2, 0.25) is 0 Å². The van der Waals surface area contributed by atoms with Crippen LogP contribution in [0.25, 0.3) is 0 Å². The number of nitro benzene ring substituents is 1. The molecule has 0 radical (unpaired) electrons. The minimum absolute atomic E-state index is 0.140. The fourth-order valence-electron chi connectivity index (χ4n) is 2.01. The summed E-state index contributed by atoms with van der Waals surface area (Å²) in [6, 6.07) is 0.886. The van der Waals surface area contributed by atoms with Crippen molar-refractivity contribution in [3.05, 3.63) is 39.4 Å². The average Bonchev–Trinajstić information content (AvgIpc) is 2.34. The Balaban J connectivity index is 2.01. The number of ether oxygens (including phenoxy) is 1. The van der Waals surface area contributed by atoms with Crippen LogP contribution < -0.4 is 0 Å². The normalized spacial score (nSPS) is 14.7. The molecule has 0 bridgehead atoms. The first kappa shape index (κ1) is 14.4. The van der Waals surface area contributed by atoms with E-state index in [1.54, 1.807) is 0 Å². The Bertz CT molecular complexity index is 543. The number of hydrogen-bond donors (Lipinski definition) is 0. The predicted molar refractivity (Wildman–Crippen MR) is 65.3 cm³/mol. The van der Waals surface area contributed by atoms with Crippen molar-refractivity contribution in [3.63, 3.8) is 0 Å².